The average molecular weight is 394 g/mol. The maximum absolute atomic E-state index is 12.7. The van der Waals surface area contributed by atoms with E-state index in [1.165, 1.54) is 12.8 Å². The molecule has 0 saturated heterocycles. The van der Waals surface area contributed by atoms with Crippen LogP contribution in [0, 0.1) is 5.92 Å². The van der Waals surface area contributed by atoms with E-state index in [1.807, 2.05) is 24.3 Å². The molecule has 0 bridgehead atoms. The smallest absolute Gasteiger partial charge is 0.253 e. The SMILES string of the molecule is O=C(N[C@H](c1ccccn1)C1CCCC1)c1cc(Br)ccc1Cl. The zero-order chi connectivity index (χ0) is 16.2. The van der Waals surface area contributed by atoms with Gasteiger partial charge in [-0.05, 0) is 49.1 Å². The number of amides is 1. The number of hydrogen-bond acceptors (Lipinski definition) is 2. The summed E-state index contributed by atoms with van der Waals surface area (Å²) in [5.41, 5.74) is 1.40. The fourth-order valence-electron chi connectivity index (χ4n) is 3.17. The van der Waals surface area contributed by atoms with Gasteiger partial charge >= 0.3 is 0 Å². The molecule has 1 aromatic carbocycles. The Balaban J connectivity index is 1.86. The standard InChI is InChI=1S/C18H18BrClN2O/c19-13-8-9-15(20)14(11-13)18(23)22-17(12-5-1-2-6-12)16-7-3-4-10-21-16/h3-4,7-12,17H,1-2,5-6H2,(H,22,23)/t17-/m0/s1. The number of carbonyl (C=O) groups is 1. The van der Waals surface area contributed by atoms with E-state index in [4.69, 9.17) is 11.6 Å². The van der Waals surface area contributed by atoms with Crippen molar-refractivity contribution < 1.29 is 4.79 Å². The van der Waals surface area contributed by atoms with Gasteiger partial charge in [-0.3, -0.25) is 9.78 Å². The highest BCUT2D eigenvalue weighted by atomic mass is 79.9. The molecule has 3 rings (SSSR count). The molecule has 23 heavy (non-hydrogen) atoms. The van der Waals surface area contributed by atoms with Crippen LogP contribution < -0.4 is 5.32 Å². The molecule has 120 valence electrons. The molecule has 0 radical (unpaired) electrons. The number of hydrogen-bond donors (Lipinski definition) is 1. The molecular weight excluding hydrogens is 376 g/mol. The summed E-state index contributed by atoms with van der Waals surface area (Å²) in [7, 11) is 0. The summed E-state index contributed by atoms with van der Waals surface area (Å²) < 4.78 is 0.835. The van der Waals surface area contributed by atoms with Crippen LogP contribution >= 0.6 is 27.5 Å². The minimum absolute atomic E-state index is 0.0683. The molecule has 1 amide bonds. The van der Waals surface area contributed by atoms with Gasteiger partial charge in [0, 0.05) is 10.7 Å². The molecule has 1 aromatic heterocycles. The largest absolute Gasteiger partial charge is 0.343 e. The minimum Gasteiger partial charge on any atom is -0.343 e. The van der Waals surface area contributed by atoms with Gasteiger partial charge in [-0.25, -0.2) is 0 Å². The zero-order valence-electron chi connectivity index (χ0n) is 12.6. The lowest BCUT2D eigenvalue weighted by molar-refractivity contribution is 0.0920. The van der Waals surface area contributed by atoms with E-state index in [0.29, 0.717) is 16.5 Å². The molecular formula is C18H18BrClN2O. The zero-order valence-corrected chi connectivity index (χ0v) is 15.0. The summed E-state index contributed by atoms with van der Waals surface area (Å²) in [4.78, 5) is 17.2. The van der Waals surface area contributed by atoms with E-state index < -0.39 is 0 Å². The maximum Gasteiger partial charge on any atom is 0.253 e. The van der Waals surface area contributed by atoms with Gasteiger partial charge in [0.25, 0.3) is 5.91 Å². The summed E-state index contributed by atoms with van der Waals surface area (Å²) in [6.45, 7) is 0. The van der Waals surface area contributed by atoms with Crippen molar-refractivity contribution >= 4 is 33.4 Å². The number of nitrogens with zero attached hydrogens (tertiary/aromatic N) is 1. The van der Waals surface area contributed by atoms with Crippen molar-refractivity contribution in [1.29, 1.82) is 0 Å². The molecule has 0 aliphatic heterocycles. The van der Waals surface area contributed by atoms with Crippen LogP contribution in [-0.4, -0.2) is 10.9 Å². The van der Waals surface area contributed by atoms with Gasteiger partial charge in [0.15, 0.2) is 0 Å². The third-order valence-electron chi connectivity index (χ3n) is 4.34. The summed E-state index contributed by atoms with van der Waals surface area (Å²) in [5, 5.41) is 3.61. The van der Waals surface area contributed by atoms with E-state index in [-0.39, 0.29) is 11.9 Å². The lowest BCUT2D eigenvalue weighted by atomic mass is 9.94. The van der Waals surface area contributed by atoms with Crippen molar-refractivity contribution in [2.75, 3.05) is 0 Å². The lowest BCUT2D eigenvalue weighted by Crippen LogP contribution is -2.33. The topological polar surface area (TPSA) is 42.0 Å². The van der Waals surface area contributed by atoms with Crippen molar-refractivity contribution in [3.8, 4) is 0 Å². The molecule has 1 heterocycles. The molecule has 2 aromatic rings. The Labute approximate surface area is 149 Å². The third kappa shape index (κ3) is 3.93. The van der Waals surface area contributed by atoms with E-state index in [0.717, 1.165) is 23.0 Å². The fourth-order valence-corrected chi connectivity index (χ4v) is 3.74. The Hall–Kier alpha value is -1.39. The first-order valence-corrected chi connectivity index (χ1v) is 8.99. The van der Waals surface area contributed by atoms with Gasteiger partial charge in [-0.1, -0.05) is 46.4 Å². The van der Waals surface area contributed by atoms with Crippen LogP contribution in [0.2, 0.25) is 5.02 Å². The van der Waals surface area contributed by atoms with Crippen molar-refractivity contribution in [1.82, 2.24) is 10.3 Å². The number of nitrogens with one attached hydrogen (secondary N) is 1. The second-order valence-corrected chi connectivity index (χ2v) is 7.20. The van der Waals surface area contributed by atoms with Crippen LogP contribution in [0.3, 0.4) is 0 Å². The highest BCUT2D eigenvalue weighted by Crippen LogP contribution is 2.35. The van der Waals surface area contributed by atoms with E-state index >= 15 is 0 Å². The van der Waals surface area contributed by atoms with Crippen LogP contribution in [0.15, 0.2) is 47.1 Å². The number of rotatable bonds is 4. The van der Waals surface area contributed by atoms with Gasteiger partial charge in [-0.2, -0.15) is 0 Å². The molecule has 1 saturated carbocycles. The molecule has 3 nitrogen and oxygen atoms in total. The second-order valence-electron chi connectivity index (χ2n) is 5.87. The Bertz CT molecular complexity index is 687. The molecule has 1 N–H and O–H groups in total. The van der Waals surface area contributed by atoms with Crippen molar-refractivity contribution in [2.45, 2.75) is 31.7 Å². The van der Waals surface area contributed by atoms with Crippen LogP contribution in [0.25, 0.3) is 0 Å². The first-order chi connectivity index (χ1) is 11.1. The number of benzene rings is 1. The van der Waals surface area contributed by atoms with Crippen molar-refractivity contribution in [3.05, 3.63) is 63.3 Å². The van der Waals surface area contributed by atoms with E-state index in [1.54, 1.807) is 18.3 Å². The summed E-state index contributed by atoms with van der Waals surface area (Å²) in [6, 6.07) is 11.1. The number of aromatic nitrogens is 1. The van der Waals surface area contributed by atoms with E-state index in [9.17, 15) is 4.79 Å². The monoisotopic (exact) mass is 392 g/mol. The normalized spacial score (nSPS) is 16.3. The number of halogens is 2. The van der Waals surface area contributed by atoms with Crippen LogP contribution in [0.5, 0.6) is 0 Å². The highest BCUT2D eigenvalue weighted by molar-refractivity contribution is 9.10. The summed E-state index contributed by atoms with van der Waals surface area (Å²) in [5.74, 6) is 0.277. The summed E-state index contributed by atoms with van der Waals surface area (Å²) in [6.07, 6.45) is 6.43. The van der Waals surface area contributed by atoms with Crippen LogP contribution in [0.4, 0.5) is 0 Å². The van der Waals surface area contributed by atoms with Crippen molar-refractivity contribution in [3.63, 3.8) is 0 Å². The fraction of sp³-hybridized carbons (Fsp3) is 0.333. The Morgan fingerprint density at radius 2 is 2.04 bits per heavy atom. The first-order valence-electron chi connectivity index (χ1n) is 7.82. The first kappa shape index (κ1) is 16.5. The van der Waals surface area contributed by atoms with Crippen molar-refractivity contribution in [2.24, 2.45) is 5.92 Å². The predicted molar refractivity (Wildman–Crippen MR) is 95.6 cm³/mol. The Morgan fingerprint density at radius 3 is 2.74 bits per heavy atom. The lowest BCUT2D eigenvalue weighted by Gasteiger charge is -2.24. The molecule has 5 heteroatoms. The quantitative estimate of drug-likeness (QED) is 0.779. The average Bonchev–Trinajstić information content (AvgIpc) is 3.09. The molecule has 0 spiro atoms. The van der Waals surface area contributed by atoms with Gasteiger partial charge in [0.1, 0.15) is 0 Å². The second kappa shape index (κ2) is 7.45. The minimum atomic E-state index is -0.154. The summed E-state index contributed by atoms with van der Waals surface area (Å²) >= 11 is 9.57. The number of pyridine rings is 1. The van der Waals surface area contributed by atoms with Crippen LogP contribution in [-0.2, 0) is 0 Å². The van der Waals surface area contributed by atoms with Gasteiger partial charge < -0.3 is 5.32 Å². The maximum atomic E-state index is 12.7. The molecule has 1 atom stereocenters. The van der Waals surface area contributed by atoms with Gasteiger partial charge in [-0.15, -0.1) is 0 Å². The predicted octanol–water partition coefficient (Wildman–Crippen LogP) is 5.16. The molecule has 0 unspecified atom stereocenters. The number of carbonyl (C=O) groups excluding carboxylic acids is 1. The Morgan fingerprint density at radius 1 is 1.26 bits per heavy atom. The molecule has 1 aliphatic rings. The highest BCUT2D eigenvalue weighted by Gasteiger charge is 2.29. The third-order valence-corrected chi connectivity index (χ3v) is 5.16. The Kier molecular flexibility index (Phi) is 5.34. The van der Waals surface area contributed by atoms with Gasteiger partial charge in [0.05, 0.1) is 22.3 Å². The van der Waals surface area contributed by atoms with Crippen LogP contribution in [0.1, 0.15) is 47.8 Å². The molecule has 1 fully saturated rings. The van der Waals surface area contributed by atoms with Gasteiger partial charge in [0.2, 0.25) is 0 Å². The molecule has 1 aliphatic carbocycles. The van der Waals surface area contributed by atoms with E-state index in [2.05, 4.69) is 26.2 Å².